The van der Waals surface area contributed by atoms with Crippen molar-refractivity contribution in [3.8, 4) is 0 Å². The Labute approximate surface area is 82.0 Å². The summed E-state index contributed by atoms with van der Waals surface area (Å²) in [4.78, 5) is 0. The molecule has 0 amide bonds. The Morgan fingerprint density at radius 2 is 1.62 bits per heavy atom. The second-order valence-electron chi connectivity index (χ2n) is 3.81. The summed E-state index contributed by atoms with van der Waals surface area (Å²) in [5.41, 5.74) is 1.50. The van der Waals surface area contributed by atoms with Crippen LogP contribution in [0, 0.1) is 5.92 Å². The van der Waals surface area contributed by atoms with E-state index in [9.17, 15) is 0 Å². The molecule has 0 aliphatic carbocycles. The minimum absolute atomic E-state index is 0.742. The van der Waals surface area contributed by atoms with Gasteiger partial charge in [0.2, 0.25) is 0 Å². The second-order valence-corrected chi connectivity index (χ2v) is 3.81. The van der Waals surface area contributed by atoms with Gasteiger partial charge in [-0.1, -0.05) is 57.5 Å². The van der Waals surface area contributed by atoms with Crippen LogP contribution >= 0.6 is 0 Å². The molecule has 0 bridgehead atoms. The quantitative estimate of drug-likeness (QED) is 0.644. The van der Waals surface area contributed by atoms with E-state index in [1.165, 1.54) is 18.4 Å². The first-order valence-electron chi connectivity index (χ1n) is 5.34. The SMILES string of the molecule is CCC(C)C(CC)c1ccccc1. The Balaban J connectivity index is 2.78. The molecule has 1 aromatic rings. The smallest absolute Gasteiger partial charge is 0.0139 e. The first-order chi connectivity index (χ1) is 6.29. The zero-order valence-corrected chi connectivity index (χ0v) is 8.96. The fourth-order valence-electron chi connectivity index (χ4n) is 1.95. The highest BCUT2D eigenvalue weighted by Gasteiger charge is 2.14. The number of hydrogen-bond donors (Lipinski definition) is 0. The van der Waals surface area contributed by atoms with E-state index in [2.05, 4.69) is 51.1 Å². The van der Waals surface area contributed by atoms with Crippen LogP contribution in [0.4, 0.5) is 0 Å². The van der Waals surface area contributed by atoms with Gasteiger partial charge in [0.1, 0.15) is 0 Å². The summed E-state index contributed by atoms with van der Waals surface area (Å²) in [6.07, 6.45) is 2.52. The average Bonchev–Trinajstić information content (AvgIpc) is 2.20. The molecular weight excluding hydrogens is 156 g/mol. The van der Waals surface area contributed by atoms with Gasteiger partial charge < -0.3 is 0 Å². The molecule has 0 saturated heterocycles. The first kappa shape index (κ1) is 10.3. The van der Waals surface area contributed by atoms with Crippen molar-refractivity contribution in [3.05, 3.63) is 35.9 Å². The molecule has 2 atom stereocenters. The molecule has 0 radical (unpaired) electrons. The molecule has 0 heteroatoms. The van der Waals surface area contributed by atoms with Crippen molar-refractivity contribution in [2.24, 2.45) is 5.92 Å². The van der Waals surface area contributed by atoms with Crippen LogP contribution in [0.1, 0.15) is 45.1 Å². The predicted octanol–water partition coefficient (Wildman–Crippen LogP) is 4.23. The molecule has 0 N–H and O–H groups in total. The lowest BCUT2D eigenvalue weighted by Crippen LogP contribution is -2.07. The van der Waals surface area contributed by atoms with Gasteiger partial charge in [0, 0.05) is 0 Å². The van der Waals surface area contributed by atoms with E-state index in [1.54, 1.807) is 0 Å². The van der Waals surface area contributed by atoms with Crippen molar-refractivity contribution in [2.75, 3.05) is 0 Å². The lowest BCUT2D eigenvalue weighted by molar-refractivity contribution is 0.435. The third-order valence-electron chi connectivity index (χ3n) is 3.00. The van der Waals surface area contributed by atoms with Crippen LogP contribution in [-0.4, -0.2) is 0 Å². The highest BCUT2D eigenvalue weighted by molar-refractivity contribution is 5.19. The van der Waals surface area contributed by atoms with E-state index >= 15 is 0 Å². The van der Waals surface area contributed by atoms with Crippen molar-refractivity contribution < 1.29 is 0 Å². The molecule has 0 heterocycles. The normalized spacial score (nSPS) is 15.3. The van der Waals surface area contributed by atoms with Crippen LogP contribution in [0.15, 0.2) is 30.3 Å². The Kier molecular flexibility index (Phi) is 4.01. The van der Waals surface area contributed by atoms with E-state index in [0.29, 0.717) is 0 Å². The summed E-state index contributed by atoms with van der Waals surface area (Å²) >= 11 is 0. The average molecular weight is 176 g/mol. The molecule has 0 nitrogen and oxygen atoms in total. The maximum Gasteiger partial charge on any atom is -0.0139 e. The van der Waals surface area contributed by atoms with Gasteiger partial charge in [-0.2, -0.15) is 0 Å². The Bertz CT molecular complexity index is 225. The molecule has 1 aromatic carbocycles. The summed E-state index contributed by atoms with van der Waals surface area (Å²) < 4.78 is 0. The lowest BCUT2D eigenvalue weighted by Gasteiger charge is -2.21. The molecule has 0 aliphatic heterocycles. The van der Waals surface area contributed by atoms with Gasteiger partial charge in [0.05, 0.1) is 0 Å². The fourth-order valence-corrected chi connectivity index (χ4v) is 1.95. The van der Waals surface area contributed by atoms with Gasteiger partial charge in [0.25, 0.3) is 0 Å². The molecule has 0 spiro atoms. The molecule has 0 saturated carbocycles. The largest absolute Gasteiger partial charge is 0.0651 e. The van der Waals surface area contributed by atoms with Crippen molar-refractivity contribution in [3.63, 3.8) is 0 Å². The third kappa shape index (κ3) is 2.58. The Hall–Kier alpha value is -0.780. The summed E-state index contributed by atoms with van der Waals surface area (Å²) in [5.74, 6) is 1.54. The van der Waals surface area contributed by atoms with E-state index < -0.39 is 0 Å². The summed E-state index contributed by atoms with van der Waals surface area (Å²) in [5, 5.41) is 0. The summed E-state index contributed by atoms with van der Waals surface area (Å²) in [6.45, 7) is 6.90. The van der Waals surface area contributed by atoms with Gasteiger partial charge >= 0.3 is 0 Å². The third-order valence-corrected chi connectivity index (χ3v) is 3.00. The van der Waals surface area contributed by atoms with Crippen LogP contribution in [-0.2, 0) is 0 Å². The van der Waals surface area contributed by atoms with Crippen LogP contribution < -0.4 is 0 Å². The maximum absolute atomic E-state index is 2.35. The maximum atomic E-state index is 2.35. The molecule has 2 unspecified atom stereocenters. The number of rotatable bonds is 4. The van der Waals surface area contributed by atoms with Gasteiger partial charge in [0.15, 0.2) is 0 Å². The minimum atomic E-state index is 0.742. The van der Waals surface area contributed by atoms with Crippen molar-refractivity contribution in [1.82, 2.24) is 0 Å². The lowest BCUT2D eigenvalue weighted by atomic mass is 9.84. The number of hydrogen-bond acceptors (Lipinski definition) is 0. The zero-order chi connectivity index (χ0) is 9.68. The van der Waals surface area contributed by atoms with Crippen molar-refractivity contribution >= 4 is 0 Å². The van der Waals surface area contributed by atoms with Crippen molar-refractivity contribution in [1.29, 1.82) is 0 Å². The van der Waals surface area contributed by atoms with Crippen molar-refractivity contribution in [2.45, 2.75) is 39.5 Å². The van der Waals surface area contributed by atoms with Gasteiger partial charge in [-0.15, -0.1) is 0 Å². The fraction of sp³-hybridized carbons (Fsp3) is 0.538. The predicted molar refractivity (Wildman–Crippen MR) is 58.9 cm³/mol. The van der Waals surface area contributed by atoms with Gasteiger partial charge in [-0.05, 0) is 23.8 Å². The van der Waals surface area contributed by atoms with Crippen LogP contribution in [0.5, 0.6) is 0 Å². The zero-order valence-electron chi connectivity index (χ0n) is 8.96. The van der Waals surface area contributed by atoms with Crippen LogP contribution in [0.25, 0.3) is 0 Å². The highest BCUT2D eigenvalue weighted by Crippen LogP contribution is 2.29. The topological polar surface area (TPSA) is 0 Å². The highest BCUT2D eigenvalue weighted by atomic mass is 14.2. The Morgan fingerprint density at radius 1 is 1.00 bits per heavy atom. The van der Waals surface area contributed by atoms with E-state index in [-0.39, 0.29) is 0 Å². The first-order valence-corrected chi connectivity index (χ1v) is 5.34. The molecule has 0 aliphatic rings. The number of benzene rings is 1. The van der Waals surface area contributed by atoms with Crippen LogP contribution in [0.2, 0.25) is 0 Å². The monoisotopic (exact) mass is 176 g/mol. The molecule has 13 heavy (non-hydrogen) atoms. The second kappa shape index (κ2) is 5.06. The van der Waals surface area contributed by atoms with Gasteiger partial charge in [-0.25, -0.2) is 0 Å². The summed E-state index contributed by atoms with van der Waals surface area (Å²) in [7, 11) is 0. The molecule has 72 valence electrons. The molecule has 1 rings (SSSR count). The van der Waals surface area contributed by atoms with E-state index in [1.807, 2.05) is 0 Å². The van der Waals surface area contributed by atoms with E-state index in [0.717, 1.165) is 11.8 Å². The minimum Gasteiger partial charge on any atom is -0.0651 e. The molecule has 0 aromatic heterocycles. The summed E-state index contributed by atoms with van der Waals surface area (Å²) in [6, 6.07) is 10.9. The molecule has 0 fully saturated rings. The van der Waals surface area contributed by atoms with Gasteiger partial charge in [-0.3, -0.25) is 0 Å². The standard InChI is InChI=1S/C13H20/c1-4-11(3)13(5-2)12-9-7-6-8-10-12/h6-11,13H,4-5H2,1-3H3. The van der Waals surface area contributed by atoms with Crippen LogP contribution in [0.3, 0.4) is 0 Å². The Morgan fingerprint density at radius 3 is 2.08 bits per heavy atom. The molecular formula is C13H20. The van der Waals surface area contributed by atoms with E-state index in [4.69, 9.17) is 0 Å².